The van der Waals surface area contributed by atoms with Gasteiger partial charge in [0.05, 0.1) is 0 Å². The summed E-state index contributed by atoms with van der Waals surface area (Å²) < 4.78 is 0. The Kier molecular flexibility index (Phi) is 16.0. The van der Waals surface area contributed by atoms with Crippen molar-refractivity contribution in [3.63, 3.8) is 0 Å². The van der Waals surface area contributed by atoms with Gasteiger partial charge >= 0.3 is 0 Å². The minimum atomic E-state index is 1.26. The number of rotatable bonds is 27. The third-order valence-electron chi connectivity index (χ3n) is 8.45. The van der Waals surface area contributed by atoms with Crippen LogP contribution < -0.4 is 0 Å². The largest absolute Gasteiger partial charge is 0.306 e. The first-order valence-corrected chi connectivity index (χ1v) is 16.0. The van der Waals surface area contributed by atoms with Crippen LogP contribution in [0.3, 0.4) is 0 Å². The third-order valence-corrected chi connectivity index (χ3v) is 8.45. The van der Waals surface area contributed by atoms with E-state index in [2.05, 4.69) is 55.4 Å². The topological polar surface area (TPSA) is 22.0 Å². The molecule has 0 aromatic heterocycles. The molecule has 37 heavy (non-hydrogen) atoms. The second-order valence-corrected chi connectivity index (χ2v) is 12.5. The molecule has 3 rings (SSSR count). The van der Waals surface area contributed by atoms with E-state index in [1.807, 2.05) is 0 Å². The summed E-state index contributed by atoms with van der Waals surface area (Å²) in [6, 6.07) is 0. The highest BCUT2D eigenvalue weighted by molar-refractivity contribution is 4.74. The van der Waals surface area contributed by atoms with Crippen LogP contribution in [0.4, 0.5) is 0 Å². The second-order valence-electron chi connectivity index (χ2n) is 12.5. The van der Waals surface area contributed by atoms with Gasteiger partial charge in [-0.3, -0.25) is 0 Å². The lowest BCUT2D eigenvalue weighted by Crippen LogP contribution is -2.30. The normalized spacial score (nSPS) is 18.2. The summed E-state index contributed by atoms with van der Waals surface area (Å²) in [5.41, 5.74) is 0. The highest BCUT2D eigenvalue weighted by Gasteiger charge is 2.17. The summed E-state index contributed by atoms with van der Waals surface area (Å²) in [5, 5.41) is 0. The van der Waals surface area contributed by atoms with Crippen molar-refractivity contribution in [2.24, 2.45) is 0 Å². The molecule has 7 nitrogen and oxygen atoms in total. The maximum Gasteiger partial charge on any atom is 0.0110 e. The lowest BCUT2D eigenvalue weighted by molar-refractivity contribution is 0.232. The Morgan fingerprint density at radius 2 is 0.595 bits per heavy atom. The van der Waals surface area contributed by atoms with Crippen LogP contribution in [0.25, 0.3) is 0 Å². The van der Waals surface area contributed by atoms with Crippen molar-refractivity contribution in [2.45, 2.75) is 57.8 Å². The minimum Gasteiger partial charge on any atom is -0.306 e. The zero-order valence-corrected chi connectivity index (χ0v) is 25.2. The van der Waals surface area contributed by atoms with Gasteiger partial charge in [-0.2, -0.15) is 0 Å². The number of unbranched alkanes of at least 4 members (excludes halogenated alkanes) is 3. The van der Waals surface area contributed by atoms with Crippen molar-refractivity contribution in [3.8, 4) is 0 Å². The van der Waals surface area contributed by atoms with Crippen molar-refractivity contribution in [2.75, 3.05) is 139 Å². The average Bonchev–Trinajstić information content (AvgIpc) is 3.72. The van der Waals surface area contributed by atoms with Gasteiger partial charge in [0.15, 0.2) is 0 Å². The van der Waals surface area contributed by atoms with Crippen LogP contribution in [0.1, 0.15) is 57.8 Å². The molecule has 0 amide bonds. The van der Waals surface area contributed by atoms with Crippen molar-refractivity contribution >= 4 is 0 Å². The van der Waals surface area contributed by atoms with Gasteiger partial charge in [0.25, 0.3) is 0 Å². The van der Waals surface area contributed by atoms with Crippen molar-refractivity contribution in [3.05, 3.63) is 0 Å². The molecule has 3 aliphatic rings. The van der Waals surface area contributed by atoms with E-state index in [9.17, 15) is 0 Å². The van der Waals surface area contributed by atoms with E-state index in [0.29, 0.717) is 0 Å². The Balaban J connectivity index is 1.22. The first kappa shape index (κ1) is 31.3. The molecule has 0 saturated carbocycles. The molecule has 7 heteroatoms. The fraction of sp³-hybridized carbons (Fsp3) is 1.00. The number of hydrogen-bond donors (Lipinski definition) is 0. The summed E-state index contributed by atoms with van der Waals surface area (Å²) in [6.07, 6.45) is 12.1. The van der Waals surface area contributed by atoms with Gasteiger partial charge in [-0.05, 0) is 157 Å². The monoisotopic (exact) mass is 522 g/mol. The highest BCUT2D eigenvalue weighted by atomic mass is 15.3. The molecule has 0 unspecified atom stereocenters. The van der Waals surface area contributed by atoms with Gasteiger partial charge in [-0.25, -0.2) is 0 Å². The Labute approximate surface area is 231 Å². The highest BCUT2D eigenvalue weighted by Crippen LogP contribution is 2.08. The zero-order valence-electron chi connectivity index (χ0n) is 25.2. The SMILES string of the molecule is CN(CCCCN(CCCCN(C)CCCN1CC1)CCCCN(C)CCCN1CC1)CCCN1CC1. The first-order chi connectivity index (χ1) is 18.1. The molecule has 3 aliphatic heterocycles. The van der Waals surface area contributed by atoms with Gasteiger partial charge in [0.2, 0.25) is 0 Å². The molecule has 3 heterocycles. The van der Waals surface area contributed by atoms with E-state index in [1.165, 1.54) is 176 Å². The summed E-state index contributed by atoms with van der Waals surface area (Å²) in [5.74, 6) is 0. The van der Waals surface area contributed by atoms with Gasteiger partial charge < -0.3 is 34.3 Å². The molecule has 0 spiro atoms. The van der Waals surface area contributed by atoms with Crippen LogP contribution in [0.2, 0.25) is 0 Å². The smallest absolute Gasteiger partial charge is 0.0110 e. The molecule has 3 fully saturated rings. The van der Waals surface area contributed by atoms with Crippen LogP contribution >= 0.6 is 0 Å². The van der Waals surface area contributed by atoms with Gasteiger partial charge in [-0.1, -0.05) is 0 Å². The Morgan fingerprint density at radius 1 is 0.351 bits per heavy atom. The summed E-state index contributed by atoms with van der Waals surface area (Å²) in [7, 11) is 6.95. The third kappa shape index (κ3) is 17.8. The molecule has 218 valence electrons. The number of hydrogen-bond acceptors (Lipinski definition) is 7. The van der Waals surface area contributed by atoms with E-state index in [1.54, 1.807) is 0 Å². The second kappa shape index (κ2) is 18.9. The lowest BCUT2D eigenvalue weighted by atomic mass is 10.2. The summed E-state index contributed by atoms with van der Waals surface area (Å²) >= 11 is 0. The molecule has 0 bridgehead atoms. The van der Waals surface area contributed by atoms with Crippen LogP contribution in [-0.4, -0.2) is 173 Å². The number of nitrogens with zero attached hydrogens (tertiary/aromatic N) is 7. The van der Waals surface area contributed by atoms with E-state index in [4.69, 9.17) is 0 Å². The first-order valence-electron chi connectivity index (χ1n) is 16.0. The van der Waals surface area contributed by atoms with Crippen molar-refractivity contribution in [1.29, 1.82) is 0 Å². The van der Waals surface area contributed by atoms with Gasteiger partial charge in [0.1, 0.15) is 0 Å². The molecule has 0 aliphatic carbocycles. The maximum absolute atomic E-state index is 2.79. The Bertz CT molecular complexity index is 474. The van der Waals surface area contributed by atoms with Crippen LogP contribution in [0, 0.1) is 0 Å². The molecule has 0 radical (unpaired) electrons. The Hall–Kier alpha value is -0.280. The van der Waals surface area contributed by atoms with E-state index >= 15 is 0 Å². The predicted octanol–water partition coefficient (Wildman–Crippen LogP) is 2.54. The van der Waals surface area contributed by atoms with Crippen LogP contribution in [0.15, 0.2) is 0 Å². The standard InChI is InChI=1S/C30H63N7/c1-31(16-10-22-35-25-26-35)13-4-7-19-34(20-8-5-14-32(2)17-11-23-36-27-28-36)21-9-6-15-33(3)18-12-24-37-29-30-37/h4-30H2,1-3H3. The van der Waals surface area contributed by atoms with Crippen molar-refractivity contribution < 1.29 is 0 Å². The van der Waals surface area contributed by atoms with Gasteiger partial charge in [-0.15, -0.1) is 0 Å². The molecule has 0 atom stereocenters. The Morgan fingerprint density at radius 3 is 0.865 bits per heavy atom. The fourth-order valence-electron chi connectivity index (χ4n) is 5.40. The predicted molar refractivity (Wildman–Crippen MR) is 160 cm³/mol. The molecular formula is C30H63N7. The lowest BCUT2D eigenvalue weighted by Gasteiger charge is -2.24. The molecule has 0 aromatic rings. The molecule has 0 N–H and O–H groups in total. The minimum absolute atomic E-state index is 1.26. The maximum atomic E-state index is 2.79. The average molecular weight is 522 g/mol. The fourth-order valence-corrected chi connectivity index (χ4v) is 5.40. The quantitative estimate of drug-likeness (QED) is 0.121. The van der Waals surface area contributed by atoms with Crippen LogP contribution in [-0.2, 0) is 0 Å². The van der Waals surface area contributed by atoms with E-state index in [0.717, 1.165) is 0 Å². The molecule has 0 aromatic carbocycles. The van der Waals surface area contributed by atoms with E-state index in [-0.39, 0.29) is 0 Å². The summed E-state index contributed by atoms with van der Waals surface area (Å²) in [4.78, 5) is 18.1. The van der Waals surface area contributed by atoms with E-state index < -0.39 is 0 Å². The van der Waals surface area contributed by atoms with Crippen LogP contribution in [0.5, 0.6) is 0 Å². The van der Waals surface area contributed by atoms with Crippen molar-refractivity contribution in [1.82, 2.24) is 34.3 Å². The zero-order chi connectivity index (χ0) is 26.1. The van der Waals surface area contributed by atoms with Gasteiger partial charge in [0, 0.05) is 39.3 Å². The molecule has 3 saturated heterocycles. The molecular weight excluding hydrogens is 458 g/mol. The summed E-state index contributed by atoms with van der Waals surface area (Å²) in [6.45, 7) is 23.4.